The van der Waals surface area contributed by atoms with Crippen molar-refractivity contribution in [1.29, 1.82) is 0 Å². The molecule has 35 heavy (non-hydrogen) atoms. The van der Waals surface area contributed by atoms with Crippen LogP contribution >= 0.6 is 34.2 Å². The van der Waals surface area contributed by atoms with Gasteiger partial charge in [-0.05, 0) is 82.8 Å². The predicted molar refractivity (Wildman–Crippen MR) is 141 cm³/mol. The highest BCUT2D eigenvalue weighted by Gasteiger charge is 2.34. The smallest absolute Gasteiger partial charge is 0.282 e. The fourth-order valence-electron chi connectivity index (χ4n) is 3.31. The molecule has 4 rings (SSSR count). The number of rotatable bonds is 7. The molecule has 8 nitrogen and oxygen atoms in total. The Labute approximate surface area is 220 Å². The van der Waals surface area contributed by atoms with Gasteiger partial charge >= 0.3 is 0 Å². The number of hydrogen-bond donors (Lipinski definition) is 2. The number of nitrogens with one attached hydrogen (secondary N) is 2. The Kier molecular flexibility index (Phi) is 7.57. The molecular formula is C25H19ClIN3O5. The highest BCUT2D eigenvalue weighted by Crippen LogP contribution is 2.35. The van der Waals surface area contributed by atoms with Crippen LogP contribution in [-0.4, -0.2) is 31.4 Å². The van der Waals surface area contributed by atoms with E-state index in [4.69, 9.17) is 21.1 Å². The molecule has 0 unspecified atom stereocenters. The number of ether oxygens (including phenoxy) is 2. The average molecular weight is 604 g/mol. The molecule has 3 aromatic carbocycles. The van der Waals surface area contributed by atoms with Crippen LogP contribution in [0.5, 0.6) is 11.5 Å². The van der Waals surface area contributed by atoms with Gasteiger partial charge in [-0.2, -0.15) is 0 Å². The summed E-state index contributed by atoms with van der Waals surface area (Å²) in [5.74, 6) is -0.601. The Bertz CT molecular complexity index is 1310. The zero-order valence-electron chi connectivity index (χ0n) is 18.4. The molecule has 1 aliphatic rings. The van der Waals surface area contributed by atoms with Crippen molar-refractivity contribution in [2.45, 2.75) is 0 Å². The normalized spacial score (nSPS) is 14.1. The van der Waals surface area contributed by atoms with Gasteiger partial charge in [-0.15, -0.1) is 0 Å². The number of methoxy groups -OCH3 is 1. The molecule has 0 saturated carbocycles. The van der Waals surface area contributed by atoms with E-state index in [1.807, 2.05) is 28.7 Å². The number of halogens is 2. The summed E-state index contributed by atoms with van der Waals surface area (Å²) in [5, 5.41) is 4.49. The van der Waals surface area contributed by atoms with Gasteiger partial charge in [0.25, 0.3) is 17.7 Å². The fourth-order valence-corrected chi connectivity index (χ4v) is 4.22. The molecule has 0 aromatic heterocycles. The van der Waals surface area contributed by atoms with Gasteiger partial charge in [0, 0.05) is 10.7 Å². The van der Waals surface area contributed by atoms with E-state index in [2.05, 4.69) is 10.7 Å². The lowest BCUT2D eigenvalue weighted by Crippen LogP contribution is -2.35. The minimum Gasteiger partial charge on any atom is -0.493 e. The molecule has 178 valence electrons. The second kappa shape index (κ2) is 10.8. The first-order chi connectivity index (χ1) is 16.9. The van der Waals surface area contributed by atoms with Crippen LogP contribution in [0.3, 0.4) is 0 Å². The van der Waals surface area contributed by atoms with Crippen LogP contribution in [0.15, 0.2) is 72.3 Å². The van der Waals surface area contributed by atoms with Crippen molar-refractivity contribution in [2.75, 3.05) is 24.0 Å². The summed E-state index contributed by atoms with van der Waals surface area (Å²) in [6.45, 7) is -0.248. The number of carbonyl (C=O) groups is 3. The van der Waals surface area contributed by atoms with E-state index in [0.717, 1.165) is 0 Å². The van der Waals surface area contributed by atoms with E-state index < -0.39 is 11.8 Å². The number of carbonyl (C=O) groups excluding carboxylic acids is 3. The minimum atomic E-state index is -0.507. The van der Waals surface area contributed by atoms with Gasteiger partial charge in [-0.25, -0.2) is 5.01 Å². The summed E-state index contributed by atoms with van der Waals surface area (Å²) >= 11 is 7.90. The maximum absolute atomic E-state index is 12.8. The van der Waals surface area contributed by atoms with Gasteiger partial charge < -0.3 is 14.8 Å². The Hall–Kier alpha value is -3.57. The molecule has 1 fully saturated rings. The summed E-state index contributed by atoms with van der Waals surface area (Å²) in [7, 11) is 1.47. The molecule has 0 bridgehead atoms. The second-order valence-corrected chi connectivity index (χ2v) is 8.95. The average Bonchev–Trinajstić information content (AvgIpc) is 3.13. The Morgan fingerprint density at radius 1 is 1.11 bits per heavy atom. The second-order valence-electron chi connectivity index (χ2n) is 7.35. The topological polar surface area (TPSA) is 97.0 Å². The molecule has 1 heterocycles. The van der Waals surface area contributed by atoms with E-state index in [0.29, 0.717) is 37.0 Å². The lowest BCUT2D eigenvalue weighted by Gasteiger charge is -2.14. The molecule has 0 radical (unpaired) electrons. The Balaban J connectivity index is 1.50. The number of hydrogen-bond acceptors (Lipinski definition) is 5. The fraction of sp³-hybridized carbons (Fsp3) is 0.0800. The standard InChI is InChI=1S/C25H19ClIN3O5/c1-34-21-13-15(11-19-24(32)29-30(25(19)33)18-5-3-2-4-6-18)12-20(27)23(21)35-14-22(31)28-17-9-7-16(26)8-10-17/h2-13H,14H2,1H3,(H,28,31)(H,29,32)/b19-11-. The zero-order valence-corrected chi connectivity index (χ0v) is 21.3. The molecule has 1 aliphatic heterocycles. The third-order valence-corrected chi connectivity index (χ3v) is 6.00. The number of anilines is 2. The molecular weight excluding hydrogens is 585 g/mol. The van der Waals surface area contributed by atoms with E-state index in [1.165, 1.54) is 18.2 Å². The monoisotopic (exact) mass is 603 g/mol. The maximum Gasteiger partial charge on any atom is 0.282 e. The number of benzene rings is 3. The van der Waals surface area contributed by atoms with Crippen LogP contribution in [0.2, 0.25) is 5.02 Å². The molecule has 3 amide bonds. The number of amides is 3. The summed E-state index contributed by atoms with van der Waals surface area (Å²) in [5.41, 5.74) is 4.27. The number of hydrazine groups is 1. The SMILES string of the molecule is COc1cc(/C=C2/C(=O)NN(c3ccccc3)C2=O)cc(I)c1OCC(=O)Nc1ccc(Cl)cc1. The van der Waals surface area contributed by atoms with Gasteiger partial charge in [0.1, 0.15) is 5.57 Å². The van der Waals surface area contributed by atoms with E-state index in [9.17, 15) is 14.4 Å². The number of para-hydroxylation sites is 1. The highest BCUT2D eigenvalue weighted by molar-refractivity contribution is 14.1. The Morgan fingerprint density at radius 2 is 1.83 bits per heavy atom. The van der Waals surface area contributed by atoms with Crippen LogP contribution in [0.25, 0.3) is 6.08 Å². The third kappa shape index (κ3) is 5.75. The third-order valence-electron chi connectivity index (χ3n) is 4.94. The van der Waals surface area contributed by atoms with Crippen molar-refractivity contribution in [3.63, 3.8) is 0 Å². The van der Waals surface area contributed by atoms with Crippen LogP contribution in [0.4, 0.5) is 11.4 Å². The van der Waals surface area contributed by atoms with Gasteiger partial charge in [0.2, 0.25) is 0 Å². The molecule has 0 spiro atoms. The first-order valence-corrected chi connectivity index (χ1v) is 11.8. The Morgan fingerprint density at radius 3 is 2.51 bits per heavy atom. The van der Waals surface area contributed by atoms with Gasteiger partial charge in [-0.1, -0.05) is 29.8 Å². The first kappa shape index (κ1) is 24.6. The minimum absolute atomic E-state index is 0.0114. The molecule has 10 heteroatoms. The van der Waals surface area contributed by atoms with Crippen molar-refractivity contribution in [3.05, 3.63) is 86.5 Å². The van der Waals surface area contributed by atoms with E-state index in [1.54, 1.807) is 60.7 Å². The quantitative estimate of drug-likeness (QED) is 0.237. The van der Waals surface area contributed by atoms with Gasteiger partial charge in [0.15, 0.2) is 18.1 Å². The first-order valence-electron chi connectivity index (χ1n) is 10.3. The lowest BCUT2D eigenvalue weighted by molar-refractivity contribution is -0.118. The predicted octanol–water partition coefficient (Wildman–Crippen LogP) is 4.43. The van der Waals surface area contributed by atoms with Gasteiger partial charge in [-0.3, -0.25) is 19.8 Å². The summed E-state index contributed by atoms with van der Waals surface area (Å²) in [6.07, 6.45) is 1.49. The van der Waals surface area contributed by atoms with Crippen molar-refractivity contribution in [2.24, 2.45) is 0 Å². The summed E-state index contributed by atoms with van der Waals surface area (Å²) < 4.78 is 11.8. The summed E-state index contributed by atoms with van der Waals surface area (Å²) in [4.78, 5) is 37.6. The van der Waals surface area contributed by atoms with Crippen LogP contribution in [-0.2, 0) is 14.4 Å². The molecule has 0 atom stereocenters. The van der Waals surface area contributed by atoms with Crippen LogP contribution in [0, 0.1) is 3.57 Å². The molecule has 0 aliphatic carbocycles. The van der Waals surface area contributed by atoms with E-state index in [-0.39, 0.29) is 18.1 Å². The highest BCUT2D eigenvalue weighted by atomic mass is 127. The van der Waals surface area contributed by atoms with Crippen LogP contribution in [0.1, 0.15) is 5.56 Å². The summed E-state index contributed by atoms with van der Waals surface area (Å²) in [6, 6.07) is 18.9. The van der Waals surface area contributed by atoms with Crippen molar-refractivity contribution < 1.29 is 23.9 Å². The van der Waals surface area contributed by atoms with Crippen molar-refractivity contribution in [1.82, 2.24) is 5.43 Å². The molecule has 2 N–H and O–H groups in total. The van der Waals surface area contributed by atoms with E-state index >= 15 is 0 Å². The zero-order chi connectivity index (χ0) is 24.9. The van der Waals surface area contributed by atoms with Crippen LogP contribution < -0.4 is 25.2 Å². The maximum atomic E-state index is 12.8. The van der Waals surface area contributed by atoms with Crippen molar-refractivity contribution in [3.8, 4) is 11.5 Å². The van der Waals surface area contributed by atoms with Crippen molar-refractivity contribution >= 4 is 69.4 Å². The molecule has 3 aromatic rings. The molecule has 1 saturated heterocycles. The lowest BCUT2D eigenvalue weighted by atomic mass is 10.1. The van der Waals surface area contributed by atoms with Gasteiger partial charge in [0.05, 0.1) is 16.4 Å². The number of nitrogens with zero attached hydrogens (tertiary/aromatic N) is 1. The largest absolute Gasteiger partial charge is 0.493 e.